The summed E-state index contributed by atoms with van der Waals surface area (Å²) in [7, 11) is -2.03. The second-order valence-electron chi connectivity index (χ2n) is 4.80. The lowest BCUT2D eigenvalue weighted by Gasteiger charge is -2.23. The van der Waals surface area contributed by atoms with Crippen LogP contribution in [-0.4, -0.2) is 43.8 Å². The lowest BCUT2D eigenvalue weighted by atomic mass is 10.2. The molecule has 0 aromatic heterocycles. The van der Waals surface area contributed by atoms with Gasteiger partial charge in [-0.1, -0.05) is 18.2 Å². The van der Waals surface area contributed by atoms with Crippen molar-refractivity contribution in [3.05, 3.63) is 39.9 Å². The Morgan fingerprint density at radius 1 is 1.45 bits per heavy atom. The summed E-state index contributed by atoms with van der Waals surface area (Å²) in [6.45, 7) is 1.41. The van der Waals surface area contributed by atoms with Crippen molar-refractivity contribution in [1.82, 2.24) is 9.62 Å². The molecule has 0 radical (unpaired) electrons. The van der Waals surface area contributed by atoms with E-state index in [1.54, 1.807) is 6.07 Å². The number of rotatable bonds is 5. The summed E-state index contributed by atoms with van der Waals surface area (Å²) in [6.07, 6.45) is 0.757. The van der Waals surface area contributed by atoms with Crippen LogP contribution in [0.1, 0.15) is 12.0 Å². The van der Waals surface area contributed by atoms with E-state index in [1.165, 1.54) is 29.6 Å². The molecule has 7 nitrogen and oxygen atoms in total. The third-order valence-electron chi connectivity index (χ3n) is 3.51. The zero-order valence-corrected chi connectivity index (χ0v) is 12.0. The van der Waals surface area contributed by atoms with E-state index in [-0.39, 0.29) is 23.0 Å². The van der Waals surface area contributed by atoms with E-state index in [1.807, 2.05) is 0 Å². The maximum Gasteiger partial charge on any atom is 0.273 e. The summed E-state index contributed by atoms with van der Waals surface area (Å²) in [4.78, 5) is 10.4. The highest BCUT2D eigenvalue weighted by Gasteiger charge is 2.30. The van der Waals surface area contributed by atoms with Gasteiger partial charge in [0.1, 0.15) is 0 Å². The first-order valence-corrected chi connectivity index (χ1v) is 7.91. The minimum Gasteiger partial charge on any atom is -0.315 e. The summed E-state index contributed by atoms with van der Waals surface area (Å²) < 4.78 is 26.0. The van der Waals surface area contributed by atoms with E-state index < -0.39 is 14.9 Å². The van der Waals surface area contributed by atoms with Crippen molar-refractivity contribution in [1.29, 1.82) is 0 Å². The van der Waals surface area contributed by atoms with Gasteiger partial charge in [-0.2, -0.15) is 0 Å². The van der Waals surface area contributed by atoms with Gasteiger partial charge in [-0.25, -0.2) is 12.7 Å². The first-order chi connectivity index (χ1) is 9.42. The molecule has 0 aliphatic carbocycles. The molecule has 1 saturated heterocycles. The van der Waals surface area contributed by atoms with Gasteiger partial charge in [-0.15, -0.1) is 0 Å². The third-order valence-corrected chi connectivity index (χ3v) is 5.37. The van der Waals surface area contributed by atoms with E-state index in [0.717, 1.165) is 13.0 Å². The van der Waals surface area contributed by atoms with Crippen LogP contribution in [0, 0.1) is 10.1 Å². The van der Waals surface area contributed by atoms with Crippen molar-refractivity contribution in [2.45, 2.75) is 18.2 Å². The monoisotopic (exact) mass is 299 g/mol. The molecule has 1 unspecified atom stereocenters. The molecule has 1 aromatic rings. The number of nitro benzene ring substituents is 1. The Kier molecular flexibility index (Phi) is 4.36. The molecule has 20 heavy (non-hydrogen) atoms. The van der Waals surface area contributed by atoms with Crippen molar-refractivity contribution < 1.29 is 13.3 Å². The third kappa shape index (κ3) is 3.14. The molecule has 2 rings (SSSR count). The summed E-state index contributed by atoms with van der Waals surface area (Å²) in [5, 5.41) is 14.0. The number of sulfonamides is 1. The molecule has 0 spiro atoms. The number of para-hydroxylation sites is 1. The topological polar surface area (TPSA) is 92.6 Å². The fourth-order valence-corrected chi connectivity index (χ4v) is 3.76. The number of nitrogens with one attached hydrogen (secondary N) is 1. The highest BCUT2D eigenvalue weighted by Crippen LogP contribution is 2.22. The van der Waals surface area contributed by atoms with Crippen LogP contribution in [0.25, 0.3) is 0 Å². The molecule has 1 aliphatic rings. The van der Waals surface area contributed by atoms with Crippen molar-refractivity contribution in [2.75, 3.05) is 20.1 Å². The van der Waals surface area contributed by atoms with Crippen LogP contribution >= 0.6 is 0 Å². The second kappa shape index (κ2) is 5.86. The zero-order valence-electron chi connectivity index (χ0n) is 11.2. The van der Waals surface area contributed by atoms with Crippen molar-refractivity contribution in [2.24, 2.45) is 0 Å². The number of nitrogens with zero attached hydrogens (tertiary/aromatic N) is 2. The SMILES string of the molecule is CN(C1CCNC1)S(=O)(=O)Cc1ccccc1[N+](=O)[O-]. The van der Waals surface area contributed by atoms with Gasteiger partial charge in [0.25, 0.3) is 5.69 Å². The van der Waals surface area contributed by atoms with E-state index in [9.17, 15) is 18.5 Å². The van der Waals surface area contributed by atoms with Crippen molar-refractivity contribution in [3.63, 3.8) is 0 Å². The summed E-state index contributed by atoms with van der Waals surface area (Å²) in [5.74, 6) is -0.350. The van der Waals surface area contributed by atoms with Gasteiger partial charge in [-0.3, -0.25) is 10.1 Å². The smallest absolute Gasteiger partial charge is 0.273 e. The first kappa shape index (κ1) is 14.9. The normalized spacial score (nSPS) is 19.4. The summed E-state index contributed by atoms with van der Waals surface area (Å²) in [5.41, 5.74) is 0.0596. The van der Waals surface area contributed by atoms with Crippen LogP contribution in [0.15, 0.2) is 24.3 Å². The highest BCUT2D eigenvalue weighted by molar-refractivity contribution is 7.88. The Labute approximate surface area is 117 Å². The van der Waals surface area contributed by atoms with Crippen LogP contribution in [-0.2, 0) is 15.8 Å². The molecule has 1 heterocycles. The Bertz CT molecular complexity index is 596. The van der Waals surface area contributed by atoms with E-state index in [4.69, 9.17) is 0 Å². The molecular formula is C12H17N3O4S. The maximum atomic E-state index is 12.3. The molecular weight excluding hydrogens is 282 g/mol. The van der Waals surface area contributed by atoms with Gasteiger partial charge in [0, 0.05) is 31.3 Å². The lowest BCUT2D eigenvalue weighted by molar-refractivity contribution is -0.385. The molecule has 8 heteroatoms. The van der Waals surface area contributed by atoms with Gasteiger partial charge in [0.15, 0.2) is 0 Å². The Morgan fingerprint density at radius 3 is 2.75 bits per heavy atom. The summed E-state index contributed by atoms with van der Waals surface area (Å²) >= 11 is 0. The van der Waals surface area contributed by atoms with Crippen LogP contribution in [0.3, 0.4) is 0 Å². The van der Waals surface area contributed by atoms with Gasteiger partial charge in [0.2, 0.25) is 10.0 Å². The quantitative estimate of drug-likeness (QED) is 0.639. The highest BCUT2D eigenvalue weighted by atomic mass is 32.2. The minimum atomic E-state index is -3.56. The molecule has 1 aromatic carbocycles. The lowest BCUT2D eigenvalue weighted by Crippen LogP contribution is -2.39. The van der Waals surface area contributed by atoms with Gasteiger partial charge in [-0.05, 0) is 13.0 Å². The van der Waals surface area contributed by atoms with Crippen LogP contribution in [0.2, 0.25) is 0 Å². The second-order valence-corrected chi connectivity index (χ2v) is 6.83. The zero-order chi connectivity index (χ0) is 14.8. The minimum absolute atomic E-state index is 0.0808. The van der Waals surface area contributed by atoms with E-state index >= 15 is 0 Å². The maximum absolute atomic E-state index is 12.3. The molecule has 1 atom stereocenters. The molecule has 0 saturated carbocycles. The van der Waals surface area contributed by atoms with Gasteiger partial charge < -0.3 is 5.32 Å². The standard InChI is InChI=1S/C12H17N3O4S/c1-14(11-6-7-13-8-11)20(18,19)9-10-4-2-3-5-12(10)15(16)17/h2-5,11,13H,6-9H2,1H3. The fraction of sp³-hybridized carbons (Fsp3) is 0.500. The fourth-order valence-electron chi connectivity index (χ4n) is 2.29. The molecule has 1 aliphatic heterocycles. The molecule has 0 bridgehead atoms. The molecule has 110 valence electrons. The van der Waals surface area contributed by atoms with Gasteiger partial charge in [0.05, 0.1) is 10.7 Å². The predicted molar refractivity (Wildman–Crippen MR) is 74.8 cm³/mol. The number of likely N-dealkylation sites (N-methyl/N-ethyl adjacent to an activating group) is 1. The van der Waals surface area contributed by atoms with E-state index in [0.29, 0.717) is 6.54 Å². The Hall–Kier alpha value is -1.51. The largest absolute Gasteiger partial charge is 0.315 e. The van der Waals surface area contributed by atoms with Crippen LogP contribution in [0.5, 0.6) is 0 Å². The van der Waals surface area contributed by atoms with E-state index in [2.05, 4.69) is 5.32 Å². The van der Waals surface area contributed by atoms with Crippen molar-refractivity contribution >= 4 is 15.7 Å². The Balaban J connectivity index is 2.22. The average molecular weight is 299 g/mol. The number of nitro groups is 1. The van der Waals surface area contributed by atoms with Crippen LogP contribution in [0.4, 0.5) is 5.69 Å². The average Bonchev–Trinajstić information content (AvgIpc) is 2.91. The number of hydrogen-bond acceptors (Lipinski definition) is 5. The Morgan fingerprint density at radius 2 is 2.15 bits per heavy atom. The summed E-state index contributed by atoms with van der Waals surface area (Å²) in [6, 6.07) is 5.86. The molecule has 1 N–H and O–H groups in total. The van der Waals surface area contributed by atoms with Crippen molar-refractivity contribution in [3.8, 4) is 0 Å². The molecule has 1 fully saturated rings. The predicted octanol–water partition coefficient (Wildman–Crippen LogP) is 0.718. The van der Waals surface area contributed by atoms with Crippen LogP contribution < -0.4 is 5.32 Å². The molecule has 0 amide bonds. The number of hydrogen-bond donors (Lipinski definition) is 1. The first-order valence-electron chi connectivity index (χ1n) is 6.30. The van der Waals surface area contributed by atoms with Gasteiger partial charge >= 0.3 is 0 Å². The number of benzene rings is 1.